The van der Waals surface area contributed by atoms with Gasteiger partial charge < -0.3 is 25.1 Å². The Morgan fingerprint density at radius 2 is 1.90 bits per heavy atom. The van der Waals surface area contributed by atoms with Crippen LogP contribution in [0.3, 0.4) is 0 Å². The molecule has 2 aromatic carbocycles. The molecule has 0 fully saturated rings. The van der Waals surface area contributed by atoms with Gasteiger partial charge in [-0.25, -0.2) is 0 Å². The molecule has 1 heterocycles. The quantitative estimate of drug-likeness (QED) is 0.295. The Bertz CT molecular complexity index is 932. The summed E-state index contributed by atoms with van der Waals surface area (Å²) >= 11 is 0. The standard InChI is InChI=1S/C23H30N4O2/c1-17-4-9-21-19(16-26-22(21)14-17)10-11-25-23(24-2)27-15-18-5-7-20(8-6-18)29-13-12-28-3/h4-9,14,16,26H,10-13,15H2,1-3H3,(H2,24,25,27). The number of guanidine groups is 1. The van der Waals surface area contributed by atoms with Crippen molar-refractivity contribution < 1.29 is 9.47 Å². The van der Waals surface area contributed by atoms with Crippen molar-refractivity contribution in [3.63, 3.8) is 0 Å². The summed E-state index contributed by atoms with van der Waals surface area (Å²) in [5.74, 6) is 1.64. The molecule has 0 unspecified atom stereocenters. The molecule has 1 aromatic heterocycles. The summed E-state index contributed by atoms with van der Waals surface area (Å²) in [5, 5.41) is 8.02. The number of aryl methyl sites for hydroxylation is 1. The van der Waals surface area contributed by atoms with Gasteiger partial charge in [0.2, 0.25) is 0 Å². The average molecular weight is 395 g/mol. The van der Waals surface area contributed by atoms with Gasteiger partial charge in [0.25, 0.3) is 0 Å². The number of hydrogen-bond acceptors (Lipinski definition) is 3. The molecular weight excluding hydrogens is 364 g/mol. The molecule has 3 aromatic rings. The van der Waals surface area contributed by atoms with Gasteiger partial charge in [-0.05, 0) is 48.2 Å². The molecule has 0 bridgehead atoms. The summed E-state index contributed by atoms with van der Waals surface area (Å²) < 4.78 is 10.6. The van der Waals surface area contributed by atoms with Crippen molar-refractivity contribution in [2.24, 2.45) is 4.99 Å². The van der Waals surface area contributed by atoms with Crippen LogP contribution >= 0.6 is 0 Å². The molecule has 29 heavy (non-hydrogen) atoms. The Labute approximate surface area is 172 Å². The summed E-state index contributed by atoms with van der Waals surface area (Å²) in [7, 11) is 3.46. The second-order valence-electron chi connectivity index (χ2n) is 6.95. The van der Waals surface area contributed by atoms with E-state index in [-0.39, 0.29) is 0 Å². The van der Waals surface area contributed by atoms with Crippen LogP contribution in [0.4, 0.5) is 0 Å². The van der Waals surface area contributed by atoms with Crippen LogP contribution in [0.1, 0.15) is 16.7 Å². The lowest BCUT2D eigenvalue weighted by Gasteiger charge is -2.12. The summed E-state index contributed by atoms with van der Waals surface area (Å²) in [6, 6.07) is 14.6. The van der Waals surface area contributed by atoms with E-state index in [1.165, 1.54) is 27.6 Å². The molecule has 3 N–H and O–H groups in total. The number of benzene rings is 2. The van der Waals surface area contributed by atoms with Gasteiger partial charge in [-0.15, -0.1) is 0 Å². The molecule has 0 saturated heterocycles. The first-order valence-corrected chi connectivity index (χ1v) is 9.91. The van der Waals surface area contributed by atoms with Crippen LogP contribution < -0.4 is 15.4 Å². The lowest BCUT2D eigenvalue weighted by atomic mass is 10.1. The number of aliphatic imine (C=N–C) groups is 1. The van der Waals surface area contributed by atoms with Crippen LogP contribution in [0.25, 0.3) is 10.9 Å². The molecule has 0 aliphatic rings. The van der Waals surface area contributed by atoms with Gasteiger partial charge in [0.05, 0.1) is 6.61 Å². The minimum atomic E-state index is 0.556. The highest BCUT2D eigenvalue weighted by Crippen LogP contribution is 2.19. The highest BCUT2D eigenvalue weighted by molar-refractivity contribution is 5.84. The maximum Gasteiger partial charge on any atom is 0.191 e. The molecule has 6 nitrogen and oxygen atoms in total. The Kier molecular flexibility index (Phi) is 7.53. The van der Waals surface area contributed by atoms with Crippen LogP contribution in [0, 0.1) is 6.92 Å². The summed E-state index contributed by atoms with van der Waals surface area (Å²) in [5.41, 5.74) is 4.94. The number of rotatable bonds is 9. The molecular formula is C23H30N4O2. The molecule has 0 atom stereocenters. The zero-order valence-electron chi connectivity index (χ0n) is 17.4. The molecule has 3 rings (SSSR count). The smallest absolute Gasteiger partial charge is 0.191 e. The summed E-state index contributed by atoms with van der Waals surface area (Å²) in [4.78, 5) is 7.67. The van der Waals surface area contributed by atoms with Crippen molar-refractivity contribution in [3.05, 3.63) is 65.4 Å². The van der Waals surface area contributed by atoms with Crippen LogP contribution in [0.15, 0.2) is 53.7 Å². The Morgan fingerprint density at radius 1 is 1.07 bits per heavy atom. The molecule has 6 heteroatoms. The van der Waals surface area contributed by atoms with Crippen molar-refractivity contribution in [1.29, 1.82) is 0 Å². The SMILES string of the molecule is CN=C(NCCc1c[nH]c2cc(C)ccc12)NCc1ccc(OCCOC)cc1. The fraction of sp³-hybridized carbons (Fsp3) is 0.348. The fourth-order valence-electron chi connectivity index (χ4n) is 3.18. The van der Waals surface area contributed by atoms with E-state index in [2.05, 4.69) is 64.1 Å². The number of aromatic amines is 1. The van der Waals surface area contributed by atoms with E-state index in [1.54, 1.807) is 14.2 Å². The van der Waals surface area contributed by atoms with Crippen LogP contribution in [-0.2, 0) is 17.7 Å². The number of methoxy groups -OCH3 is 1. The maximum atomic E-state index is 5.59. The molecule has 0 radical (unpaired) electrons. The number of ether oxygens (including phenoxy) is 2. The first kappa shape index (κ1) is 20.7. The number of nitrogens with zero attached hydrogens (tertiary/aromatic N) is 1. The summed E-state index contributed by atoms with van der Waals surface area (Å²) in [6.07, 6.45) is 3.02. The fourth-order valence-corrected chi connectivity index (χ4v) is 3.18. The van der Waals surface area contributed by atoms with E-state index < -0.39 is 0 Å². The first-order valence-electron chi connectivity index (χ1n) is 9.91. The highest BCUT2D eigenvalue weighted by Gasteiger charge is 2.05. The van der Waals surface area contributed by atoms with E-state index in [0.29, 0.717) is 19.8 Å². The normalized spacial score (nSPS) is 11.6. The zero-order chi connectivity index (χ0) is 20.5. The third kappa shape index (κ3) is 5.99. The third-order valence-electron chi connectivity index (χ3n) is 4.77. The minimum Gasteiger partial charge on any atom is -0.491 e. The van der Waals surface area contributed by atoms with Crippen molar-refractivity contribution in [3.8, 4) is 5.75 Å². The van der Waals surface area contributed by atoms with E-state index in [0.717, 1.165) is 24.7 Å². The average Bonchev–Trinajstić information content (AvgIpc) is 3.13. The maximum absolute atomic E-state index is 5.59. The zero-order valence-corrected chi connectivity index (χ0v) is 17.4. The van der Waals surface area contributed by atoms with Crippen molar-refractivity contribution in [1.82, 2.24) is 15.6 Å². The third-order valence-corrected chi connectivity index (χ3v) is 4.77. The number of aromatic nitrogens is 1. The van der Waals surface area contributed by atoms with Gasteiger partial charge >= 0.3 is 0 Å². The van der Waals surface area contributed by atoms with Gasteiger partial charge in [-0.2, -0.15) is 0 Å². The van der Waals surface area contributed by atoms with Gasteiger partial charge in [0.1, 0.15) is 12.4 Å². The number of H-pyrrole nitrogens is 1. The monoisotopic (exact) mass is 394 g/mol. The topological polar surface area (TPSA) is 70.7 Å². The molecule has 0 aliphatic heterocycles. The predicted molar refractivity (Wildman–Crippen MR) is 119 cm³/mol. The molecule has 0 spiro atoms. The number of hydrogen-bond donors (Lipinski definition) is 3. The highest BCUT2D eigenvalue weighted by atomic mass is 16.5. The largest absolute Gasteiger partial charge is 0.491 e. The predicted octanol–water partition coefficient (Wildman–Crippen LogP) is 3.41. The Hall–Kier alpha value is -2.99. The van der Waals surface area contributed by atoms with Crippen molar-refractivity contribution in [2.45, 2.75) is 19.9 Å². The van der Waals surface area contributed by atoms with E-state index >= 15 is 0 Å². The van der Waals surface area contributed by atoms with Gasteiger partial charge in [-0.3, -0.25) is 4.99 Å². The van der Waals surface area contributed by atoms with E-state index in [4.69, 9.17) is 9.47 Å². The van der Waals surface area contributed by atoms with Gasteiger partial charge in [-0.1, -0.05) is 24.3 Å². The lowest BCUT2D eigenvalue weighted by Crippen LogP contribution is -2.37. The minimum absolute atomic E-state index is 0.556. The van der Waals surface area contributed by atoms with Gasteiger partial charge in [0, 0.05) is 44.3 Å². The van der Waals surface area contributed by atoms with Crippen LogP contribution in [0.2, 0.25) is 0 Å². The molecule has 0 saturated carbocycles. The first-order chi connectivity index (χ1) is 14.2. The van der Waals surface area contributed by atoms with Crippen LogP contribution in [0.5, 0.6) is 5.75 Å². The summed E-state index contributed by atoms with van der Waals surface area (Å²) in [6.45, 7) is 4.76. The Morgan fingerprint density at radius 3 is 2.66 bits per heavy atom. The Balaban J connectivity index is 1.44. The number of nitrogens with one attached hydrogen (secondary N) is 3. The molecule has 0 aliphatic carbocycles. The van der Waals surface area contributed by atoms with E-state index in [1.807, 2.05) is 12.1 Å². The van der Waals surface area contributed by atoms with Gasteiger partial charge in [0.15, 0.2) is 5.96 Å². The van der Waals surface area contributed by atoms with Crippen LogP contribution in [-0.4, -0.2) is 44.9 Å². The second kappa shape index (κ2) is 10.5. The van der Waals surface area contributed by atoms with E-state index in [9.17, 15) is 0 Å². The molecule has 0 amide bonds. The molecule has 154 valence electrons. The number of fused-ring (bicyclic) bond motifs is 1. The lowest BCUT2D eigenvalue weighted by molar-refractivity contribution is 0.146. The van der Waals surface area contributed by atoms with Crippen molar-refractivity contribution >= 4 is 16.9 Å². The second-order valence-corrected chi connectivity index (χ2v) is 6.95. The van der Waals surface area contributed by atoms with Crippen molar-refractivity contribution in [2.75, 3.05) is 33.9 Å².